The smallest absolute Gasteiger partial charge is 0.239 e. The van der Waals surface area contributed by atoms with Gasteiger partial charge in [0, 0.05) is 37.9 Å². The number of hydrogen-bond acceptors (Lipinski definition) is 10. The predicted molar refractivity (Wildman–Crippen MR) is 126 cm³/mol. The van der Waals surface area contributed by atoms with Crippen LogP contribution in [-0.2, 0) is 4.74 Å². The number of hydrogen-bond donors (Lipinski definition) is 2. The van der Waals surface area contributed by atoms with E-state index in [0.717, 1.165) is 45.1 Å². The Bertz CT molecular complexity index is 1220. The second-order valence-corrected chi connectivity index (χ2v) is 8.17. The number of nitrogens with zero attached hydrogens (tertiary/aromatic N) is 6. The lowest BCUT2D eigenvalue weighted by Gasteiger charge is -2.43. The highest BCUT2D eigenvalue weighted by atomic mass is 16.5. The summed E-state index contributed by atoms with van der Waals surface area (Å²) >= 11 is 0. The van der Waals surface area contributed by atoms with Gasteiger partial charge in [0.1, 0.15) is 23.3 Å². The highest BCUT2D eigenvalue weighted by Crippen LogP contribution is 2.30. The molecule has 0 bridgehead atoms. The van der Waals surface area contributed by atoms with Crippen LogP contribution in [-0.4, -0.2) is 77.5 Å². The first-order chi connectivity index (χ1) is 16.6. The van der Waals surface area contributed by atoms with E-state index in [1.54, 1.807) is 31.5 Å². The molecule has 5 rings (SSSR count). The fourth-order valence-electron chi connectivity index (χ4n) is 4.13. The van der Waals surface area contributed by atoms with Crippen molar-refractivity contribution in [3.63, 3.8) is 0 Å². The molecule has 0 unspecified atom stereocenters. The number of nitrogens with one attached hydrogen (secondary N) is 1. The van der Waals surface area contributed by atoms with Crippen molar-refractivity contribution in [1.82, 2.24) is 19.9 Å². The number of nitriles is 1. The monoisotopic (exact) mass is 459 g/mol. The van der Waals surface area contributed by atoms with Crippen LogP contribution < -0.4 is 15.0 Å². The zero-order chi connectivity index (χ0) is 23.5. The summed E-state index contributed by atoms with van der Waals surface area (Å²) in [7, 11) is 1.62. The maximum Gasteiger partial charge on any atom is 0.239 e. The topological polar surface area (TPSA) is 120 Å². The number of pyridine rings is 1. The lowest BCUT2D eigenvalue weighted by Crippen LogP contribution is -2.56. The third-order valence-electron chi connectivity index (χ3n) is 6.13. The molecule has 2 aliphatic heterocycles. The summed E-state index contributed by atoms with van der Waals surface area (Å²) in [6, 6.07) is 12.9. The Kier molecular flexibility index (Phi) is 6.12. The molecule has 4 heterocycles. The van der Waals surface area contributed by atoms with E-state index >= 15 is 0 Å². The van der Waals surface area contributed by atoms with E-state index in [-0.39, 0.29) is 11.3 Å². The average molecular weight is 460 g/mol. The Hall–Kier alpha value is -3.94. The number of ether oxygens (including phenoxy) is 2. The van der Waals surface area contributed by atoms with E-state index in [9.17, 15) is 10.4 Å². The van der Waals surface area contributed by atoms with Crippen LogP contribution in [0.4, 0.5) is 17.5 Å². The fourth-order valence-corrected chi connectivity index (χ4v) is 4.13. The van der Waals surface area contributed by atoms with Crippen LogP contribution in [0.2, 0.25) is 0 Å². The second-order valence-electron chi connectivity index (χ2n) is 8.17. The van der Waals surface area contributed by atoms with Crippen LogP contribution in [0.25, 0.3) is 11.3 Å². The molecule has 0 spiro atoms. The summed E-state index contributed by atoms with van der Waals surface area (Å²) in [5.74, 6) is 1.40. The molecular formula is C24H25N7O3. The summed E-state index contributed by atoms with van der Waals surface area (Å²) in [5.41, 5.74) is 2.47. The van der Waals surface area contributed by atoms with Gasteiger partial charge in [-0.3, -0.25) is 4.90 Å². The van der Waals surface area contributed by atoms with Gasteiger partial charge < -0.3 is 24.8 Å². The summed E-state index contributed by atoms with van der Waals surface area (Å²) in [6.07, 6.45) is 1.63. The number of phenolic OH excluding ortho intramolecular Hbond substituents is 1. The van der Waals surface area contributed by atoms with Gasteiger partial charge in [-0.1, -0.05) is 0 Å². The van der Waals surface area contributed by atoms with Gasteiger partial charge in [-0.25, -0.2) is 9.97 Å². The summed E-state index contributed by atoms with van der Waals surface area (Å²) < 4.78 is 10.9. The van der Waals surface area contributed by atoms with Gasteiger partial charge in [0.2, 0.25) is 11.8 Å². The number of aromatic nitrogens is 3. The molecule has 34 heavy (non-hydrogen) atoms. The summed E-state index contributed by atoms with van der Waals surface area (Å²) in [6.45, 7) is 5.46. The Morgan fingerprint density at radius 1 is 1.12 bits per heavy atom. The lowest BCUT2D eigenvalue weighted by molar-refractivity contribution is -0.0660. The average Bonchev–Trinajstić information content (AvgIpc) is 2.84. The van der Waals surface area contributed by atoms with Gasteiger partial charge in [0.15, 0.2) is 0 Å². The second kappa shape index (κ2) is 9.51. The summed E-state index contributed by atoms with van der Waals surface area (Å²) in [5, 5.41) is 22.0. The van der Waals surface area contributed by atoms with Crippen LogP contribution in [0.1, 0.15) is 5.56 Å². The Morgan fingerprint density at radius 2 is 1.94 bits per heavy atom. The molecule has 1 aromatic carbocycles. The molecule has 2 aromatic heterocycles. The van der Waals surface area contributed by atoms with Crippen LogP contribution in [0.5, 0.6) is 11.6 Å². The Labute approximate surface area is 197 Å². The highest BCUT2D eigenvalue weighted by Gasteiger charge is 2.29. The van der Waals surface area contributed by atoms with Gasteiger partial charge in [0.25, 0.3) is 0 Å². The van der Waals surface area contributed by atoms with Gasteiger partial charge >= 0.3 is 0 Å². The zero-order valence-electron chi connectivity index (χ0n) is 18.8. The maximum absolute atomic E-state index is 9.75. The number of anilines is 3. The molecule has 10 nitrogen and oxygen atoms in total. The van der Waals surface area contributed by atoms with Crippen molar-refractivity contribution in [3.05, 3.63) is 48.2 Å². The summed E-state index contributed by atoms with van der Waals surface area (Å²) in [4.78, 5) is 18.2. The first-order valence-electron chi connectivity index (χ1n) is 11.1. The van der Waals surface area contributed by atoms with Crippen molar-refractivity contribution < 1.29 is 14.6 Å². The molecule has 0 radical (unpaired) electrons. The largest absolute Gasteiger partial charge is 0.507 e. The standard InChI is InChI=1S/C24H25N7O3/c1-33-23-20(31-10-8-30(9-11-31)18-14-34-15-18)3-5-22(28-23)29-24-26-7-6-19(27-24)16-2-4-21(32)17(12-16)13-25/h2-7,12,18,32H,8-11,14-15H2,1H3,(H,26,27,28,29). The Balaban J connectivity index is 1.31. The van der Waals surface area contributed by atoms with Crippen molar-refractivity contribution in [2.45, 2.75) is 6.04 Å². The Morgan fingerprint density at radius 3 is 2.65 bits per heavy atom. The first kappa shape index (κ1) is 21.9. The minimum Gasteiger partial charge on any atom is -0.507 e. The fraction of sp³-hybridized carbons (Fsp3) is 0.333. The van der Waals surface area contributed by atoms with E-state index in [1.807, 2.05) is 18.2 Å². The molecule has 2 N–H and O–H groups in total. The number of phenols is 1. The molecule has 0 atom stereocenters. The van der Waals surface area contributed by atoms with E-state index in [0.29, 0.717) is 34.9 Å². The third kappa shape index (κ3) is 4.44. The first-order valence-corrected chi connectivity index (χ1v) is 11.1. The van der Waals surface area contributed by atoms with E-state index in [2.05, 4.69) is 30.1 Å². The van der Waals surface area contributed by atoms with E-state index < -0.39 is 0 Å². The van der Waals surface area contributed by atoms with Gasteiger partial charge in [-0.15, -0.1) is 0 Å². The molecule has 3 aromatic rings. The van der Waals surface area contributed by atoms with E-state index in [4.69, 9.17) is 9.47 Å². The molecular weight excluding hydrogens is 434 g/mol. The van der Waals surface area contributed by atoms with Crippen LogP contribution in [0, 0.1) is 11.3 Å². The molecule has 0 amide bonds. The molecule has 0 aliphatic carbocycles. The third-order valence-corrected chi connectivity index (χ3v) is 6.13. The van der Waals surface area contributed by atoms with Crippen LogP contribution in [0.3, 0.4) is 0 Å². The minimum absolute atomic E-state index is 0.0616. The minimum atomic E-state index is -0.0616. The molecule has 174 valence electrons. The SMILES string of the molecule is COc1nc(Nc2nccc(-c3ccc(O)c(C#N)c3)n2)ccc1N1CCN(C2COC2)CC1. The normalized spacial score (nSPS) is 16.5. The number of methoxy groups -OCH3 is 1. The van der Waals surface area contributed by atoms with Crippen molar-refractivity contribution in [1.29, 1.82) is 5.26 Å². The van der Waals surface area contributed by atoms with Crippen molar-refractivity contribution in [2.75, 3.05) is 56.7 Å². The number of aromatic hydroxyl groups is 1. The lowest BCUT2D eigenvalue weighted by atomic mass is 10.1. The van der Waals surface area contributed by atoms with Crippen molar-refractivity contribution in [2.24, 2.45) is 0 Å². The molecule has 2 fully saturated rings. The van der Waals surface area contributed by atoms with Crippen molar-refractivity contribution in [3.8, 4) is 29.0 Å². The molecule has 10 heteroatoms. The van der Waals surface area contributed by atoms with Crippen LogP contribution >= 0.6 is 0 Å². The number of rotatable bonds is 6. The van der Waals surface area contributed by atoms with Crippen LogP contribution in [0.15, 0.2) is 42.6 Å². The number of benzene rings is 1. The van der Waals surface area contributed by atoms with E-state index in [1.165, 1.54) is 6.07 Å². The molecule has 2 aliphatic rings. The van der Waals surface area contributed by atoms with Crippen molar-refractivity contribution >= 4 is 17.5 Å². The number of piperazine rings is 1. The van der Waals surface area contributed by atoms with Gasteiger partial charge in [0.05, 0.1) is 37.6 Å². The molecule has 0 saturated carbocycles. The van der Waals surface area contributed by atoms with Gasteiger partial charge in [-0.05, 0) is 36.4 Å². The zero-order valence-corrected chi connectivity index (χ0v) is 18.8. The maximum atomic E-state index is 9.75. The highest BCUT2D eigenvalue weighted by molar-refractivity contribution is 5.66. The quantitative estimate of drug-likeness (QED) is 0.568. The molecule has 2 saturated heterocycles. The predicted octanol–water partition coefficient (Wildman–Crippen LogP) is 2.39. The van der Waals surface area contributed by atoms with Gasteiger partial charge in [-0.2, -0.15) is 10.2 Å².